The highest BCUT2D eigenvalue weighted by atomic mass is 35.5. The molecular formula is C16H19ClN2O2S. The van der Waals surface area contributed by atoms with E-state index in [0.29, 0.717) is 23.7 Å². The lowest BCUT2D eigenvalue weighted by Crippen LogP contribution is -2.53. The van der Waals surface area contributed by atoms with Gasteiger partial charge in [-0.2, -0.15) is 0 Å². The molecule has 0 saturated carbocycles. The van der Waals surface area contributed by atoms with Crippen LogP contribution >= 0.6 is 23.4 Å². The number of rotatable bonds is 1. The Morgan fingerprint density at radius 3 is 2.50 bits per heavy atom. The van der Waals surface area contributed by atoms with Gasteiger partial charge in [-0.3, -0.25) is 9.59 Å². The van der Waals surface area contributed by atoms with Crippen LogP contribution < -0.4 is 0 Å². The first kappa shape index (κ1) is 15.7. The largest absolute Gasteiger partial charge is 0.343 e. The first-order valence-corrected chi connectivity index (χ1v) is 8.86. The molecule has 2 heterocycles. The zero-order valence-corrected chi connectivity index (χ0v) is 14.1. The van der Waals surface area contributed by atoms with Gasteiger partial charge >= 0.3 is 0 Å². The molecule has 1 aromatic rings. The standard InChI is InChI=1S/C16H19ClN2O2S/c1-12(20)18-8-6-16(7-9-18)19(10-11-22-16)15(21)13-4-2-3-5-14(13)17/h2-5H,6-11H2,1H3. The zero-order valence-electron chi connectivity index (χ0n) is 12.5. The minimum atomic E-state index is -0.178. The number of carbonyl (C=O) groups excluding carboxylic acids is 2. The third-order valence-electron chi connectivity index (χ3n) is 4.52. The molecule has 1 aromatic carbocycles. The van der Waals surface area contributed by atoms with E-state index in [0.717, 1.165) is 25.1 Å². The van der Waals surface area contributed by atoms with E-state index >= 15 is 0 Å². The molecule has 2 amide bonds. The summed E-state index contributed by atoms with van der Waals surface area (Å²) in [7, 11) is 0. The van der Waals surface area contributed by atoms with Crippen molar-refractivity contribution in [3.05, 3.63) is 34.9 Å². The van der Waals surface area contributed by atoms with Crippen LogP contribution in [-0.4, -0.2) is 51.9 Å². The number of benzene rings is 1. The average molecular weight is 339 g/mol. The Balaban J connectivity index is 1.81. The second-order valence-corrected chi connectivity index (χ2v) is 7.60. The first-order valence-electron chi connectivity index (χ1n) is 7.49. The summed E-state index contributed by atoms with van der Waals surface area (Å²) in [6.07, 6.45) is 1.65. The maximum Gasteiger partial charge on any atom is 0.256 e. The monoisotopic (exact) mass is 338 g/mol. The zero-order chi connectivity index (χ0) is 15.7. The molecule has 0 bridgehead atoms. The van der Waals surface area contributed by atoms with E-state index in [1.807, 2.05) is 33.7 Å². The molecule has 0 N–H and O–H groups in total. The molecule has 22 heavy (non-hydrogen) atoms. The highest BCUT2D eigenvalue weighted by Gasteiger charge is 2.46. The summed E-state index contributed by atoms with van der Waals surface area (Å²) in [6, 6.07) is 7.21. The van der Waals surface area contributed by atoms with Gasteiger partial charge in [-0.25, -0.2) is 0 Å². The molecule has 118 valence electrons. The van der Waals surface area contributed by atoms with Crippen LogP contribution in [0.15, 0.2) is 24.3 Å². The number of thioether (sulfide) groups is 1. The maximum absolute atomic E-state index is 12.9. The van der Waals surface area contributed by atoms with Gasteiger partial charge in [0, 0.05) is 32.3 Å². The van der Waals surface area contributed by atoms with Crippen LogP contribution in [0.5, 0.6) is 0 Å². The van der Waals surface area contributed by atoms with E-state index < -0.39 is 0 Å². The van der Waals surface area contributed by atoms with Crippen molar-refractivity contribution in [2.24, 2.45) is 0 Å². The number of hydrogen-bond donors (Lipinski definition) is 0. The van der Waals surface area contributed by atoms with Gasteiger partial charge in [-0.05, 0) is 25.0 Å². The SMILES string of the molecule is CC(=O)N1CCC2(CC1)SCCN2C(=O)c1ccccc1Cl. The van der Waals surface area contributed by atoms with Crippen molar-refractivity contribution in [3.63, 3.8) is 0 Å². The minimum Gasteiger partial charge on any atom is -0.343 e. The normalized spacial score (nSPS) is 20.5. The molecule has 1 spiro atoms. The lowest BCUT2D eigenvalue weighted by Gasteiger charge is -2.44. The maximum atomic E-state index is 12.9. The molecule has 0 aliphatic carbocycles. The summed E-state index contributed by atoms with van der Waals surface area (Å²) in [5.41, 5.74) is 0.569. The topological polar surface area (TPSA) is 40.6 Å². The fraction of sp³-hybridized carbons (Fsp3) is 0.500. The van der Waals surface area contributed by atoms with Crippen molar-refractivity contribution >= 4 is 35.2 Å². The lowest BCUT2D eigenvalue weighted by molar-refractivity contribution is -0.130. The van der Waals surface area contributed by atoms with Crippen molar-refractivity contribution in [2.45, 2.75) is 24.6 Å². The van der Waals surface area contributed by atoms with Crippen LogP contribution in [0.1, 0.15) is 30.1 Å². The fourth-order valence-electron chi connectivity index (χ4n) is 3.26. The molecule has 2 aliphatic rings. The molecular weight excluding hydrogens is 320 g/mol. The number of amides is 2. The van der Waals surface area contributed by atoms with Gasteiger partial charge in [0.05, 0.1) is 15.5 Å². The number of hydrogen-bond acceptors (Lipinski definition) is 3. The minimum absolute atomic E-state index is 0.00637. The van der Waals surface area contributed by atoms with Gasteiger partial charge in [-0.15, -0.1) is 11.8 Å². The second-order valence-electron chi connectivity index (χ2n) is 5.74. The Labute approximate surface area is 139 Å². The number of nitrogens with zero attached hydrogens (tertiary/aromatic N) is 2. The summed E-state index contributed by atoms with van der Waals surface area (Å²) >= 11 is 8.02. The van der Waals surface area contributed by atoms with Gasteiger partial charge in [0.1, 0.15) is 0 Å². The molecule has 0 radical (unpaired) electrons. The molecule has 2 fully saturated rings. The van der Waals surface area contributed by atoms with Crippen molar-refractivity contribution in [3.8, 4) is 0 Å². The summed E-state index contributed by atoms with van der Waals surface area (Å²) in [4.78, 5) is 28.1. The van der Waals surface area contributed by atoms with Gasteiger partial charge in [0.25, 0.3) is 5.91 Å². The van der Waals surface area contributed by atoms with Crippen molar-refractivity contribution in [2.75, 3.05) is 25.4 Å². The average Bonchev–Trinajstić information content (AvgIpc) is 2.91. The van der Waals surface area contributed by atoms with Gasteiger partial charge in [0.15, 0.2) is 0 Å². The molecule has 0 atom stereocenters. The molecule has 0 aromatic heterocycles. The summed E-state index contributed by atoms with van der Waals surface area (Å²) in [5, 5.41) is 0.501. The fourth-order valence-corrected chi connectivity index (χ4v) is 4.93. The Kier molecular flexibility index (Phi) is 4.37. The summed E-state index contributed by atoms with van der Waals surface area (Å²) in [5.74, 6) is 1.06. The third-order valence-corrected chi connectivity index (χ3v) is 6.40. The Hall–Kier alpha value is -1.20. The van der Waals surface area contributed by atoms with Crippen molar-refractivity contribution in [1.29, 1.82) is 0 Å². The van der Waals surface area contributed by atoms with Crippen LogP contribution in [0.2, 0.25) is 5.02 Å². The lowest BCUT2D eigenvalue weighted by atomic mass is 10.0. The van der Waals surface area contributed by atoms with Crippen LogP contribution in [0.4, 0.5) is 0 Å². The number of piperidine rings is 1. The van der Waals surface area contributed by atoms with E-state index in [9.17, 15) is 9.59 Å². The quantitative estimate of drug-likeness (QED) is 0.790. The number of halogens is 1. The molecule has 2 aliphatic heterocycles. The molecule has 3 rings (SSSR count). The molecule has 4 nitrogen and oxygen atoms in total. The van der Waals surface area contributed by atoms with E-state index in [1.165, 1.54) is 0 Å². The van der Waals surface area contributed by atoms with Crippen LogP contribution in [0, 0.1) is 0 Å². The van der Waals surface area contributed by atoms with E-state index in [4.69, 9.17) is 11.6 Å². The number of carbonyl (C=O) groups is 2. The van der Waals surface area contributed by atoms with Crippen LogP contribution in [0.25, 0.3) is 0 Å². The molecule has 2 saturated heterocycles. The highest BCUT2D eigenvalue weighted by Crippen LogP contribution is 2.44. The van der Waals surface area contributed by atoms with E-state index in [-0.39, 0.29) is 16.7 Å². The van der Waals surface area contributed by atoms with Crippen molar-refractivity contribution in [1.82, 2.24) is 9.80 Å². The van der Waals surface area contributed by atoms with E-state index in [2.05, 4.69) is 0 Å². The van der Waals surface area contributed by atoms with Gasteiger partial charge in [-0.1, -0.05) is 23.7 Å². The first-order chi connectivity index (χ1) is 10.5. The predicted octanol–water partition coefficient (Wildman–Crippen LogP) is 2.87. The smallest absolute Gasteiger partial charge is 0.256 e. The number of likely N-dealkylation sites (tertiary alicyclic amines) is 1. The highest BCUT2D eigenvalue weighted by molar-refractivity contribution is 8.00. The summed E-state index contributed by atoms with van der Waals surface area (Å²) in [6.45, 7) is 3.78. The third kappa shape index (κ3) is 2.72. The van der Waals surface area contributed by atoms with Gasteiger partial charge < -0.3 is 9.80 Å². The van der Waals surface area contributed by atoms with Gasteiger partial charge in [0.2, 0.25) is 5.91 Å². The second kappa shape index (κ2) is 6.13. The summed E-state index contributed by atoms with van der Waals surface area (Å²) < 4.78 is 0. The Morgan fingerprint density at radius 1 is 1.18 bits per heavy atom. The molecule has 0 unspecified atom stereocenters. The molecule has 6 heteroatoms. The Morgan fingerprint density at radius 2 is 1.86 bits per heavy atom. The van der Waals surface area contributed by atoms with Crippen molar-refractivity contribution < 1.29 is 9.59 Å². The Bertz CT molecular complexity index is 600. The van der Waals surface area contributed by atoms with Crippen LogP contribution in [-0.2, 0) is 4.79 Å². The van der Waals surface area contributed by atoms with Crippen LogP contribution in [0.3, 0.4) is 0 Å². The van der Waals surface area contributed by atoms with E-state index in [1.54, 1.807) is 19.1 Å². The predicted molar refractivity (Wildman–Crippen MR) is 89.2 cm³/mol.